The minimum absolute atomic E-state index is 0.546. The third-order valence-electron chi connectivity index (χ3n) is 3.02. The highest BCUT2D eigenvalue weighted by atomic mass is 32.1. The molecule has 0 aliphatic rings. The number of aryl methyl sites for hydroxylation is 2. The van der Waals surface area contributed by atoms with Crippen LogP contribution in [0.25, 0.3) is 0 Å². The van der Waals surface area contributed by atoms with Gasteiger partial charge in [-0.15, -0.1) is 11.3 Å². The maximum atomic E-state index is 4.60. The van der Waals surface area contributed by atoms with Crippen LogP contribution in [0.4, 0.5) is 0 Å². The Morgan fingerprint density at radius 3 is 2.25 bits per heavy atom. The van der Waals surface area contributed by atoms with Crippen LogP contribution >= 0.6 is 11.3 Å². The molecule has 1 rings (SSSR count). The van der Waals surface area contributed by atoms with Crippen LogP contribution < -0.4 is 5.32 Å². The molecule has 1 aromatic heterocycles. The molecular formula is C13H24N2S. The first-order valence-corrected chi connectivity index (χ1v) is 6.90. The van der Waals surface area contributed by atoms with E-state index in [9.17, 15) is 0 Å². The van der Waals surface area contributed by atoms with Crippen LogP contribution in [0, 0.1) is 19.8 Å². The van der Waals surface area contributed by atoms with Crippen molar-refractivity contribution in [2.24, 2.45) is 5.92 Å². The van der Waals surface area contributed by atoms with Gasteiger partial charge in [-0.25, -0.2) is 4.98 Å². The first-order chi connectivity index (χ1) is 7.40. The van der Waals surface area contributed by atoms with Gasteiger partial charge in [0, 0.05) is 23.4 Å². The van der Waals surface area contributed by atoms with Crippen molar-refractivity contribution in [1.82, 2.24) is 10.3 Å². The second-order valence-corrected chi connectivity index (χ2v) is 6.33. The zero-order valence-electron chi connectivity index (χ0n) is 11.3. The molecule has 3 heteroatoms. The summed E-state index contributed by atoms with van der Waals surface area (Å²) in [5.41, 5.74) is 1.19. The van der Waals surface area contributed by atoms with E-state index in [-0.39, 0.29) is 0 Å². The molecule has 0 saturated heterocycles. The molecule has 0 saturated carbocycles. The number of rotatable bonds is 5. The van der Waals surface area contributed by atoms with Crippen LogP contribution in [0.1, 0.15) is 43.3 Å². The van der Waals surface area contributed by atoms with Gasteiger partial charge in [0.05, 0.1) is 10.7 Å². The number of nitrogens with one attached hydrogen (secondary N) is 1. The Morgan fingerprint density at radius 2 is 1.81 bits per heavy atom. The molecule has 16 heavy (non-hydrogen) atoms. The van der Waals surface area contributed by atoms with Crippen molar-refractivity contribution in [3.05, 3.63) is 15.6 Å². The summed E-state index contributed by atoms with van der Waals surface area (Å²) in [6.07, 6.45) is 1.08. The number of hydrogen-bond acceptors (Lipinski definition) is 3. The van der Waals surface area contributed by atoms with Gasteiger partial charge in [-0.3, -0.25) is 0 Å². The summed E-state index contributed by atoms with van der Waals surface area (Å²) in [7, 11) is 0. The van der Waals surface area contributed by atoms with Crippen LogP contribution in [0.2, 0.25) is 0 Å². The zero-order chi connectivity index (χ0) is 12.3. The molecule has 0 aliphatic heterocycles. The molecular weight excluding hydrogens is 216 g/mol. The highest BCUT2D eigenvalue weighted by molar-refractivity contribution is 7.11. The number of thiazole rings is 1. The molecule has 0 aliphatic carbocycles. The van der Waals surface area contributed by atoms with Gasteiger partial charge in [0.1, 0.15) is 0 Å². The third kappa shape index (κ3) is 3.87. The Bertz CT molecular complexity index is 311. The quantitative estimate of drug-likeness (QED) is 0.854. The molecule has 2 unspecified atom stereocenters. The average Bonchev–Trinajstić information content (AvgIpc) is 2.44. The lowest BCUT2D eigenvalue weighted by Gasteiger charge is -2.22. The molecule has 0 aromatic carbocycles. The van der Waals surface area contributed by atoms with E-state index in [1.807, 2.05) is 11.3 Å². The van der Waals surface area contributed by atoms with Crippen molar-refractivity contribution in [1.29, 1.82) is 0 Å². The molecule has 1 aromatic rings. The normalized spacial score (nSPS) is 15.4. The summed E-state index contributed by atoms with van der Waals surface area (Å²) in [6, 6.07) is 1.10. The van der Waals surface area contributed by atoms with Gasteiger partial charge in [-0.1, -0.05) is 20.8 Å². The maximum Gasteiger partial charge on any atom is 0.0934 e. The molecule has 2 nitrogen and oxygen atoms in total. The molecule has 0 bridgehead atoms. The predicted octanol–water partition coefficient (Wildman–Crippen LogP) is 3.33. The largest absolute Gasteiger partial charge is 0.312 e. The fraction of sp³-hybridized carbons (Fsp3) is 0.769. The zero-order valence-corrected chi connectivity index (χ0v) is 12.1. The molecule has 2 atom stereocenters. The molecule has 0 radical (unpaired) electrons. The lowest BCUT2D eigenvalue weighted by molar-refractivity contribution is 0.371. The second kappa shape index (κ2) is 5.78. The van der Waals surface area contributed by atoms with Gasteiger partial charge in [-0.2, -0.15) is 0 Å². The van der Waals surface area contributed by atoms with Crippen LogP contribution in [0.3, 0.4) is 0 Å². The molecule has 0 fully saturated rings. The van der Waals surface area contributed by atoms with E-state index in [2.05, 4.69) is 51.8 Å². The van der Waals surface area contributed by atoms with Crippen LogP contribution in [0.5, 0.6) is 0 Å². The van der Waals surface area contributed by atoms with Crippen LogP contribution in [-0.2, 0) is 6.42 Å². The SMILES string of the molecule is Cc1nc(CC(C)C(C)NC(C)C)sc1C. The summed E-state index contributed by atoms with van der Waals surface area (Å²) in [6.45, 7) is 13.2. The smallest absolute Gasteiger partial charge is 0.0934 e. The lowest BCUT2D eigenvalue weighted by atomic mass is 9.99. The van der Waals surface area contributed by atoms with E-state index in [0.29, 0.717) is 18.0 Å². The molecule has 0 spiro atoms. The third-order valence-corrected chi connectivity index (χ3v) is 4.11. The van der Waals surface area contributed by atoms with Crippen molar-refractivity contribution in [2.75, 3.05) is 0 Å². The highest BCUT2D eigenvalue weighted by Gasteiger charge is 2.15. The monoisotopic (exact) mass is 240 g/mol. The average molecular weight is 240 g/mol. The minimum Gasteiger partial charge on any atom is -0.312 e. The molecule has 1 heterocycles. The van der Waals surface area contributed by atoms with Crippen molar-refractivity contribution in [2.45, 2.75) is 60.0 Å². The van der Waals surface area contributed by atoms with Crippen molar-refractivity contribution < 1.29 is 0 Å². The summed E-state index contributed by atoms with van der Waals surface area (Å²) >= 11 is 1.84. The first kappa shape index (κ1) is 13.7. The minimum atomic E-state index is 0.546. The van der Waals surface area contributed by atoms with E-state index < -0.39 is 0 Å². The maximum absolute atomic E-state index is 4.60. The van der Waals surface area contributed by atoms with Crippen LogP contribution in [-0.4, -0.2) is 17.1 Å². The van der Waals surface area contributed by atoms with Crippen LogP contribution in [0.15, 0.2) is 0 Å². The van der Waals surface area contributed by atoms with Crippen molar-refractivity contribution in [3.63, 3.8) is 0 Å². The van der Waals surface area contributed by atoms with Crippen molar-refractivity contribution >= 4 is 11.3 Å². The first-order valence-electron chi connectivity index (χ1n) is 6.09. The Balaban J connectivity index is 2.53. The summed E-state index contributed by atoms with van der Waals surface area (Å²) in [5, 5.41) is 4.84. The fourth-order valence-corrected chi connectivity index (χ4v) is 2.84. The summed E-state index contributed by atoms with van der Waals surface area (Å²) in [4.78, 5) is 5.96. The van der Waals surface area contributed by atoms with Gasteiger partial charge >= 0.3 is 0 Å². The highest BCUT2D eigenvalue weighted by Crippen LogP contribution is 2.20. The van der Waals surface area contributed by atoms with Gasteiger partial charge in [-0.05, 0) is 26.7 Å². The number of nitrogens with zero attached hydrogens (tertiary/aromatic N) is 1. The predicted molar refractivity (Wildman–Crippen MR) is 72.2 cm³/mol. The summed E-state index contributed by atoms with van der Waals surface area (Å²) < 4.78 is 0. The molecule has 92 valence electrons. The van der Waals surface area contributed by atoms with Crippen molar-refractivity contribution in [3.8, 4) is 0 Å². The van der Waals surface area contributed by atoms with E-state index in [4.69, 9.17) is 0 Å². The number of hydrogen-bond donors (Lipinski definition) is 1. The standard InChI is InChI=1S/C13H24N2S/c1-8(2)14-10(4)9(3)7-13-15-11(5)12(6)16-13/h8-10,14H,7H2,1-6H3. The van der Waals surface area contributed by atoms with E-state index in [1.165, 1.54) is 15.6 Å². The topological polar surface area (TPSA) is 24.9 Å². The van der Waals surface area contributed by atoms with Gasteiger partial charge in [0.25, 0.3) is 0 Å². The lowest BCUT2D eigenvalue weighted by Crippen LogP contribution is -2.37. The summed E-state index contributed by atoms with van der Waals surface area (Å²) in [5.74, 6) is 0.632. The van der Waals surface area contributed by atoms with Gasteiger partial charge < -0.3 is 5.32 Å². The Morgan fingerprint density at radius 1 is 1.19 bits per heavy atom. The molecule has 1 N–H and O–H groups in total. The number of aromatic nitrogens is 1. The van der Waals surface area contributed by atoms with E-state index >= 15 is 0 Å². The van der Waals surface area contributed by atoms with Gasteiger partial charge in [0.2, 0.25) is 0 Å². The van der Waals surface area contributed by atoms with Gasteiger partial charge in [0.15, 0.2) is 0 Å². The molecule has 0 amide bonds. The second-order valence-electron chi connectivity index (χ2n) is 5.04. The van der Waals surface area contributed by atoms with E-state index in [1.54, 1.807) is 0 Å². The van der Waals surface area contributed by atoms with E-state index in [0.717, 1.165) is 6.42 Å². The fourth-order valence-electron chi connectivity index (χ4n) is 1.77. The Kier molecular flexibility index (Phi) is 4.93. The Labute approximate surface area is 103 Å². The Hall–Kier alpha value is -0.410.